The van der Waals surface area contributed by atoms with Crippen molar-refractivity contribution in [2.24, 2.45) is 0 Å². The Morgan fingerprint density at radius 3 is 2.39 bits per heavy atom. The number of nitrogens with one attached hydrogen (secondary N) is 1. The van der Waals surface area contributed by atoms with Gasteiger partial charge in [0.1, 0.15) is 15.9 Å². The van der Waals surface area contributed by atoms with Crippen molar-refractivity contribution in [2.75, 3.05) is 30.8 Å². The number of carbonyl (C=O) groups excluding carboxylic acids is 1. The zero-order chi connectivity index (χ0) is 20.9. The predicted octanol–water partition coefficient (Wildman–Crippen LogP) is 2.02. The first-order valence-electron chi connectivity index (χ1n) is 9.43. The maximum Gasteiger partial charge on any atom is 0.246 e. The standard InChI is InChI=1S/C18H28N2O6S2/c1-4-12-27(22,23)14(3)18(21)19-15-8-9-16(26-5-2)17(13-15)28(24,25)20-10-6-7-11-20/h8-9,13-14H,4-7,10-12H2,1-3H3,(H,19,21). The second-order valence-electron chi connectivity index (χ2n) is 6.70. The van der Waals surface area contributed by atoms with Crippen LogP contribution in [0.3, 0.4) is 0 Å². The van der Waals surface area contributed by atoms with E-state index in [-0.39, 0.29) is 22.1 Å². The van der Waals surface area contributed by atoms with E-state index in [1.165, 1.54) is 29.4 Å². The molecule has 0 saturated carbocycles. The van der Waals surface area contributed by atoms with Crippen molar-refractivity contribution in [3.63, 3.8) is 0 Å². The molecule has 1 aliphatic rings. The molecule has 1 heterocycles. The average Bonchev–Trinajstić information content (AvgIpc) is 3.18. The highest BCUT2D eigenvalue weighted by Gasteiger charge is 2.31. The molecule has 0 radical (unpaired) electrons. The van der Waals surface area contributed by atoms with Gasteiger partial charge in [0.15, 0.2) is 9.84 Å². The van der Waals surface area contributed by atoms with Crippen molar-refractivity contribution < 1.29 is 26.4 Å². The third-order valence-corrected chi connectivity index (χ3v) is 8.78. The molecule has 1 aromatic rings. The van der Waals surface area contributed by atoms with E-state index in [2.05, 4.69) is 5.32 Å². The van der Waals surface area contributed by atoms with Crippen LogP contribution in [0.15, 0.2) is 23.1 Å². The maximum absolute atomic E-state index is 13.0. The Kier molecular flexibility index (Phi) is 7.46. The predicted molar refractivity (Wildman–Crippen MR) is 108 cm³/mol. The topological polar surface area (TPSA) is 110 Å². The minimum absolute atomic E-state index is 0.0295. The van der Waals surface area contributed by atoms with Crippen molar-refractivity contribution in [2.45, 2.75) is 50.2 Å². The molecule has 1 N–H and O–H groups in total. The third-order valence-electron chi connectivity index (χ3n) is 4.59. The van der Waals surface area contributed by atoms with Crippen molar-refractivity contribution in [3.05, 3.63) is 18.2 Å². The average molecular weight is 433 g/mol. The van der Waals surface area contributed by atoms with Gasteiger partial charge in [0.2, 0.25) is 15.9 Å². The van der Waals surface area contributed by atoms with E-state index in [0.717, 1.165) is 12.8 Å². The van der Waals surface area contributed by atoms with Gasteiger partial charge in [-0.2, -0.15) is 4.31 Å². The molecule has 1 unspecified atom stereocenters. The first kappa shape index (κ1) is 22.6. The summed E-state index contributed by atoms with van der Waals surface area (Å²) in [6, 6.07) is 4.31. The number of benzene rings is 1. The number of rotatable bonds is 9. The number of amides is 1. The number of hydrogen-bond donors (Lipinski definition) is 1. The van der Waals surface area contributed by atoms with Crippen LogP contribution in [0.1, 0.15) is 40.0 Å². The fraction of sp³-hybridized carbons (Fsp3) is 0.611. The van der Waals surface area contributed by atoms with Crippen LogP contribution in [-0.4, -0.2) is 57.7 Å². The molecule has 0 spiro atoms. The number of hydrogen-bond acceptors (Lipinski definition) is 6. The van der Waals surface area contributed by atoms with Gasteiger partial charge in [-0.15, -0.1) is 0 Å². The van der Waals surface area contributed by atoms with E-state index < -0.39 is 31.0 Å². The minimum atomic E-state index is -3.77. The first-order valence-corrected chi connectivity index (χ1v) is 12.6. The van der Waals surface area contributed by atoms with Gasteiger partial charge in [0.05, 0.1) is 12.4 Å². The fourth-order valence-corrected chi connectivity index (χ4v) is 5.98. The quantitative estimate of drug-likeness (QED) is 0.639. The number of anilines is 1. The van der Waals surface area contributed by atoms with E-state index in [4.69, 9.17) is 4.74 Å². The molecule has 0 aliphatic carbocycles. The summed E-state index contributed by atoms with van der Waals surface area (Å²) in [7, 11) is -7.33. The third kappa shape index (κ3) is 5.03. The summed E-state index contributed by atoms with van der Waals surface area (Å²) in [6.45, 7) is 5.98. The minimum Gasteiger partial charge on any atom is -0.492 e. The number of carbonyl (C=O) groups is 1. The molecule has 1 saturated heterocycles. The van der Waals surface area contributed by atoms with Crippen LogP contribution in [0, 0.1) is 0 Å². The van der Waals surface area contributed by atoms with Gasteiger partial charge in [-0.05, 0) is 51.3 Å². The maximum atomic E-state index is 13.0. The molecule has 1 fully saturated rings. The molecule has 8 nitrogen and oxygen atoms in total. The lowest BCUT2D eigenvalue weighted by atomic mass is 10.3. The van der Waals surface area contributed by atoms with Crippen LogP contribution >= 0.6 is 0 Å². The van der Waals surface area contributed by atoms with Gasteiger partial charge in [-0.3, -0.25) is 4.79 Å². The Morgan fingerprint density at radius 2 is 1.82 bits per heavy atom. The van der Waals surface area contributed by atoms with Crippen molar-refractivity contribution >= 4 is 31.5 Å². The molecule has 1 aliphatic heterocycles. The summed E-state index contributed by atoms with van der Waals surface area (Å²) in [4.78, 5) is 12.4. The SMILES string of the molecule is CCCS(=O)(=O)C(C)C(=O)Nc1ccc(OCC)c(S(=O)(=O)N2CCCC2)c1. The molecule has 1 aromatic carbocycles. The molecule has 0 bridgehead atoms. The van der Waals surface area contributed by atoms with Gasteiger partial charge < -0.3 is 10.1 Å². The van der Waals surface area contributed by atoms with Crippen LogP contribution in [0.5, 0.6) is 5.75 Å². The molecular weight excluding hydrogens is 404 g/mol. The van der Waals surface area contributed by atoms with Gasteiger partial charge in [-0.25, -0.2) is 16.8 Å². The molecule has 1 amide bonds. The zero-order valence-electron chi connectivity index (χ0n) is 16.5. The summed E-state index contributed by atoms with van der Waals surface area (Å²) in [6.07, 6.45) is 2.01. The first-order chi connectivity index (χ1) is 13.1. The summed E-state index contributed by atoms with van der Waals surface area (Å²) in [5.41, 5.74) is 0.213. The molecule has 2 rings (SSSR count). The van der Waals surface area contributed by atoms with Gasteiger partial charge in [0.25, 0.3) is 0 Å². The smallest absolute Gasteiger partial charge is 0.246 e. The van der Waals surface area contributed by atoms with E-state index >= 15 is 0 Å². The Hall–Kier alpha value is -1.65. The Bertz CT molecular complexity index is 906. The van der Waals surface area contributed by atoms with E-state index in [0.29, 0.717) is 26.1 Å². The van der Waals surface area contributed by atoms with Crippen LogP contribution in [0.4, 0.5) is 5.69 Å². The highest BCUT2D eigenvalue weighted by atomic mass is 32.2. The lowest BCUT2D eigenvalue weighted by Crippen LogP contribution is -2.34. The van der Waals surface area contributed by atoms with Crippen molar-refractivity contribution in [1.82, 2.24) is 4.31 Å². The number of sulfone groups is 1. The van der Waals surface area contributed by atoms with Crippen LogP contribution in [0.2, 0.25) is 0 Å². The van der Waals surface area contributed by atoms with Crippen LogP contribution in [-0.2, 0) is 24.7 Å². The number of sulfonamides is 1. The Labute approximate surface area is 167 Å². The van der Waals surface area contributed by atoms with Crippen LogP contribution in [0.25, 0.3) is 0 Å². The molecule has 10 heteroatoms. The summed E-state index contributed by atoms with van der Waals surface area (Å²) in [5.74, 6) is -0.569. The zero-order valence-corrected chi connectivity index (χ0v) is 18.1. The second kappa shape index (κ2) is 9.23. The number of nitrogens with zero attached hydrogens (tertiary/aromatic N) is 1. The highest BCUT2D eigenvalue weighted by molar-refractivity contribution is 7.92. The summed E-state index contributed by atoms with van der Waals surface area (Å²) >= 11 is 0. The molecule has 1 atom stereocenters. The summed E-state index contributed by atoms with van der Waals surface area (Å²) < 4.78 is 57.1. The van der Waals surface area contributed by atoms with Crippen molar-refractivity contribution in [1.29, 1.82) is 0 Å². The van der Waals surface area contributed by atoms with E-state index in [9.17, 15) is 21.6 Å². The molecule has 0 aromatic heterocycles. The Balaban J connectivity index is 2.33. The molecule has 28 heavy (non-hydrogen) atoms. The lowest BCUT2D eigenvalue weighted by molar-refractivity contribution is -0.115. The fourth-order valence-electron chi connectivity index (χ4n) is 3.00. The van der Waals surface area contributed by atoms with Gasteiger partial charge in [0, 0.05) is 18.8 Å². The van der Waals surface area contributed by atoms with E-state index in [1.54, 1.807) is 13.8 Å². The van der Waals surface area contributed by atoms with Gasteiger partial charge in [-0.1, -0.05) is 6.92 Å². The van der Waals surface area contributed by atoms with Crippen molar-refractivity contribution in [3.8, 4) is 5.75 Å². The van der Waals surface area contributed by atoms with E-state index in [1.807, 2.05) is 0 Å². The lowest BCUT2D eigenvalue weighted by Gasteiger charge is -2.19. The molecule has 158 valence electrons. The molecular formula is C18H28N2O6S2. The number of ether oxygens (including phenoxy) is 1. The monoisotopic (exact) mass is 432 g/mol. The Morgan fingerprint density at radius 1 is 1.18 bits per heavy atom. The normalized spacial score (nSPS) is 16.7. The second-order valence-corrected chi connectivity index (χ2v) is 11.1. The summed E-state index contributed by atoms with van der Waals surface area (Å²) in [5, 5.41) is 1.30. The van der Waals surface area contributed by atoms with Crippen LogP contribution < -0.4 is 10.1 Å². The largest absolute Gasteiger partial charge is 0.492 e. The highest BCUT2D eigenvalue weighted by Crippen LogP contribution is 2.31. The van der Waals surface area contributed by atoms with Gasteiger partial charge >= 0.3 is 0 Å².